The maximum absolute atomic E-state index is 13.9. The number of carbonyl (C=O) groups is 1. The van der Waals surface area contributed by atoms with Crippen LogP contribution in [0.15, 0.2) is 91.5 Å². The second-order valence-electron chi connectivity index (χ2n) is 9.65. The van der Waals surface area contributed by atoms with E-state index in [-0.39, 0.29) is 24.4 Å². The molecule has 1 aliphatic rings. The van der Waals surface area contributed by atoms with E-state index in [1.165, 1.54) is 6.07 Å². The van der Waals surface area contributed by atoms with E-state index in [1.54, 1.807) is 36.8 Å². The monoisotopic (exact) mass is 518 g/mol. The number of ketones is 1. The van der Waals surface area contributed by atoms with Crippen LogP contribution in [-0.4, -0.2) is 51.9 Å². The summed E-state index contributed by atoms with van der Waals surface area (Å²) in [6.07, 6.45) is 7.40. The number of carbonyl (C=O) groups excluding carboxylic acids is 1. The zero-order valence-corrected chi connectivity index (χ0v) is 21.4. The van der Waals surface area contributed by atoms with Crippen LogP contribution in [0.1, 0.15) is 11.1 Å². The second-order valence-corrected chi connectivity index (χ2v) is 9.65. The van der Waals surface area contributed by atoms with Crippen molar-refractivity contribution in [3.63, 3.8) is 0 Å². The number of halogens is 1. The van der Waals surface area contributed by atoms with Gasteiger partial charge in [0, 0.05) is 51.4 Å². The van der Waals surface area contributed by atoms with E-state index in [0.29, 0.717) is 5.56 Å². The summed E-state index contributed by atoms with van der Waals surface area (Å²) in [4.78, 5) is 35.1. The van der Waals surface area contributed by atoms with E-state index in [2.05, 4.69) is 30.8 Å². The van der Waals surface area contributed by atoms with Crippen molar-refractivity contribution in [3.05, 3.63) is 108 Å². The van der Waals surface area contributed by atoms with E-state index in [0.717, 1.165) is 65.5 Å². The minimum Gasteiger partial charge on any atom is -0.352 e. The Morgan fingerprint density at radius 2 is 1.49 bits per heavy atom. The third-order valence-electron chi connectivity index (χ3n) is 7.04. The highest BCUT2D eigenvalue weighted by atomic mass is 19.1. The first-order valence-electron chi connectivity index (χ1n) is 13.0. The fourth-order valence-corrected chi connectivity index (χ4v) is 4.91. The van der Waals surface area contributed by atoms with Crippen molar-refractivity contribution in [2.75, 3.05) is 36.0 Å². The molecule has 1 aliphatic heterocycles. The first-order chi connectivity index (χ1) is 19.1. The minimum atomic E-state index is -0.340. The van der Waals surface area contributed by atoms with Crippen LogP contribution < -0.4 is 9.80 Å². The van der Waals surface area contributed by atoms with Gasteiger partial charge >= 0.3 is 0 Å². The van der Waals surface area contributed by atoms with Crippen LogP contribution in [-0.2, 0) is 17.6 Å². The van der Waals surface area contributed by atoms with Crippen molar-refractivity contribution < 1.29 is 9.18 Å². The van der Waals surface area contributed by atoms with Crippen molar-refractivity contribution in [2.24, 2.45) is 0 Å². The first-order valence-corrected chi connectivity index (χ1v) is 13.0. The van der Waals surface area contributed by atoms with Crippen LogP contribution >= 0.6 is 0 Å². The third-order valence-corrected chi connectivity index (χ3v) is 7.04. The van der Waals surface area contributed by atoms with E-state index in [9.17, 15) is 9.18 Å². The van der Waals surface area contributed by atoms with Gasteiger partial charge in [-0.1, -0.05) is 48.5 Å². The Kier molecular flexibility index (Phi) is 6.91. The largest absolute Gasteiger partial charge is 0.352 e. The number of fused-ring (bicyclic) bond motifs is 1. The Hall–Kier alpha value is -4.72. The van der Waals surface area contributed by atoms with Crippen molar-refractivity contribution in [1.82, 2.24) is 19.9 Å². The fourth-order valence-electron chi connectivity index (χ4n) is 4.91. The smallest absolute Gasteiger partial charge is 0.147 e. The summed E-state index contributed by atoms with van der Waals surface area (Å²) in [5.41, 5.74) is 5.09. The molecule has 0 atom stereocenters. The van der Waals surface area contributed by atoms with Gasteiger partial charge in [-0.2, -0.15) is 0 Å². The molecule has 194 valence electrons. The van der Waals surface area contributed by atoms with Gasteiger partial charge in [0.1, 0.15) is 23.2 Å². The predicted molar refractivity (Wildman–Crippen MR) is 150 cm³/mol. The van der Waals surface area contributed by atoms with Crippen molar-refractivity contribution in [2.45, 2.75) is 12.8 Å². The average Bonchev–Trinajstić information content (AvgIpc) is 2.99. The number of benzene rings is 3. The number of piperazine rings is 1. The molecule has 1 fully saturated rings. The fraction of sp³-hybridized carbons (Fsp3) is 0.194. The minimum absolute atomic E-state index is 0.0149. The Bertz CT molecular complexity index is 1600. The van der Waals surface area contributed by atoms with Gasteiger partial charge in [-0.25, -0.2) is 14.4 Å². The molecule has 0 aliphatic carbocycles. The summed E-state index contributed by atoms with van der Waals surface area (Å²) < 4.78 is 13.9. The molecule has 7 nitrogen and oxygen atoms in total. The lowest BCUT2D eigenvalue weighted by Gasteiger charge is -2.35. The van der Waals surface area contributed by atoms with E-state index < -0.39 is 0 Å². The summed E-state index contributed by atoms with van der Waals surface area (Å²) in [6.45, 7) is 3.34. The van der Waals surface area contributed by atoms with Gasteiger partial charge in [-0.3, -0.25) is 14.8 Å². The molecular formula is C31H27FN6O. The number of aromatic nitrogens is 4. The molecule has 0 radical (unpaired) electrons. The van der Waals surface area contributed by atoms with Crippen LogP contribution in [0.2, 0.25) is 0 Å². The molecule has 39 heavy (non-hydrogen) atoms. The number of rotatable bonds is 7. The second kappa shape index (κ2) is 10.9. The standard InChI is InChI=1S/C31H27FN6O/c32-27-4-2-1-3-25(27)18-26(39)17-22-5-7-23(8-6-22)24-9-10-28-29(19-24)36-31(21-35-28)38-15-13-37(14-16-38)30-20-33-11-12-34-30/h1-12,19-21H,13-18H2. The van der Waals surface area contributed by atoms with Crippen LogP contribution in [0.5, 0.6) is 0 Å². The van der Waals surface area contributed by atoms with Gasteiger partial charge in [0.05, 0.1) is 23.4 Å². The summed E-state index contributed by atoms with van der Waals surface area (Å²) >= 11 is 0. The van der Waals surface area contributed by atoms with Crippen LogP contribution in [0, 0.1) is 5.82 Å². The Balaban J connectivity index is 1.13. The average molecular weight is 519 g/mol. The number of Topliss-reactive ketones (excluding diaryl/α,β-unsaturated/α-hetero) is 1. The molecule has 2 aromatic heterocycles. The van der Waals surface area contributed by atoms with Crippen molar-refractivity contribution in [3.8, 4) is 11.1 Å². The summed E-state index contributed by atoms with van der Waals surface area (Å²) in [5.74, 6) is 1.40. The predicted octanol–water partition coefficient (Wildman–Crippen LogP) is 4.91. The van der Waals surface area contributed by atoms with Crippen molar-refractivity contribution >= 4 is 28.5 Å². The zero-order chi connectivity index (χ0) is 26.6. The number of hydrogen-bond donors (Lipinski definition) is 0. The zero-order valence-electron chi connectivity index (χ0n) is 21.4. The van der Waals surface area contributed by atoms with Gasteiger partial charge < -0.3 is 9.80 Å². The summed E-state index contributed by atoms with van der Waals surface area (Å²) in [7, 11) is 0. The highest BCUT2D eigenvalue weighted by molar-refractivity contribution is 5.84. The summed E-state index contributed by atoms with van der Waals surface area (Å²) in [6, 6.07) is 20.4. The summed E-state index contributed by atoms with van der Waals surface area (Å²) in [5, 5.41) is 0. The molecule has 0 saturated carbocycles. The normalized spacial score (nSPS) is 13.6. The quantitative estimate of drug-likeness (QED) is 0.303. The Morgan fingerprint density at radius 3 is 2.23 bits per heavy atom. The van der Waals surface area contributed by atoms with Gasteiger partial charge in [0.2, 0.25) is 0 Å². The molecule has 3 aromatic carbocycles. The van der Waals surface area contributed by atoms with E-state index in [1.807, 2.05) is 42.6 Å². The molecule has 6 rings (SSSR count). The molecule has 0 unspecified atom stereocenters. The maximum Gasteiger partial charge on any atom is 0.147 e. The maximum atomic E-state index is 13.9. The SMILES string of the molecule is O=C(Cc1ccc(-c2ccc3ncc(N4CCN(c5cnccn5)CC4)nc3c2)cc1)Cc1ccccc1F. The first kappa shape index (κ1) is 24.6. The number of anilines is 2. The third kappa shape index (κ3) is 5.60. The van der Waals surface area contributed by atoms with Gasteiger partial charge in [0.15, 0.2) is 0 Å². The lowest BCUT2D eigenvalue weighted by Crippen LogP contribution is -2.47. The molecule has 5 aromatic rings. The highest BCUT2D eigenvalue weighted by Crippen LogP contribution is 2.25. The Labute approximate surface area is 226 Å². The lowest BCUT2D eigenvalue weighted by molar-refractivity contribution is -0.117. The van der Waals surface area contributed by atoms with Crippen molar-refractivity contribution in [1.29, 1.82) is 0 Å². The molecule has 0 amide bonds. The topological polar surface area (TPSA) is 75.1 Å². The number of hydrogen-bond acceptors (Lipinski definition) is 7. The molecule has 0 bridgehead atoms. The number of nitrogens with zero attached hydrogens (tertiary/aromatic N) is 6. The van der Waals surface area contributed by atoms with E-state index in [4.69, 9.17) is 4.98 Å². The molecule has 3 heterocycles. The van der Waals surface area contributed by atoms with Crippen LogP contribution in [0.3, 0.4) is 0 Å². The van der Waals surface area contributed by atoms with Gasteiger partial charge in [-0.15, -0.1) is 0 Å². The van der Waals surface area contributed by atoms with Gasteiger partial charge in [-0.05, 0) is 40.5 Å². The molecule has 8 heteroatoms. The van der Waals surface area contributed by atoms with Gasteiger partial charge in [0.25, 0.3) is 0 Å². The lowest BCUT2D eigenvalue weighted by atomic mass is 9.99. The van der Waals surface area contributed by atoms with Crippen LogP contribution in [0.25, 0.3) is 22.2 Å². The molecular weight excluding hydrogens is 491 g/mol. The van der Waals surface area contributed by atoms with Crippen LogP contribution in [0.4, 0.5) is 16.0 Å². The molecule has 1 saturated heterocycles. The Morgan fingerprint density at radius 1 is 0.744 bits per heavy atom. The molecule has 0 N–H and O–H groups in total. The van der Waals surface area contributed by atoms with E-state index >= 15 is 0 Å². The molecule has 0 spiro atoms. The highest BCUT2D eigenvalue weighted by Gasteiger charge is 2.20.